The van der Waals surface area contributed by atoms with E-state index in [4.69, 9.17) is 10.5 Å². The van der Waals surface area contributed by atoms with Gasteiger partial charge in [-0.25, -0.2) is 9.56 Å². The fraction of sp³-hybridized carbons (Fsp3) is 0.500. The van der Waals surface area contributed by atoms with Crippen LogP contribution in [0.15, 0.2) is 4.99 Å². The summed E-state index contributed by atoms with van der Waals surface area (Å²) in [6.45, 7) is 1.86. The van der Waals surface area contributed by atoms with Crippen LogP contribution in [-0.2, 0) is 14.3 Å². The van der Waals surface area contributed by atoms with Crippen LogP contribution < -0.4 is 5.73 Å². The lowest BCUT2D eigenvalue weighted by Crippen LogP contribution is -2.46. The Bertz CT molecular complexity index is 677. The fourth-order valence-corrected chi connectivity index (χ4v) is 2.63. The molecule has 2 heterocycles. The Labute approximate surface area is 119 Å². The number of Topliss-reactive ketones (excluding diaryl/α,β-unsaturated/α-hetero) is 1. The normalized spacial score (nSPS) is 24.1. The summed E-state index contributed by atoms with van der Waals surface area (Å²) in [6.07, 6.45) is 0.592. The number of esters is 1. The number of nitrogens with two attached hydrogens (primary N) is 1. The van der Waals surface area contributed by atoms with Crippen molar-refractivity contribution >= 4 is 35.3 Å². The number of rotatable bonds is 2. The van der Waals surface area contributed by atoms with Gasteiger partial charge < -0.3 is 10.5 Å². The summed E-state index contributed by atoms with van der Waals surface area (Å²) in [5.41, 5.74) is 5.61. The molecule has 9 nitrogen and oxygen atoms in total. The maximum atomic E-state index is 12.4. The Hall–Kier alpha value is -2.58. The molecule has 1 saturated carbocycles. The molecule has 1 aromatic heterocycles. The zero-order valence-corrected chi connectivity index (χ0v) is 11.3. The lowest BCUT2D eigenvalue weighted by Gasteiger charge is -2.29. The first-order chi connectivity index (χ1) is 10.0. The minimum Gasteiger partial charge on any atom is -0.465 e. The second-order valence-electron chi connectivity index (χ2n) is 4.83. The molecule has 0 radical (unpaired) electrons. The third-order valence-corrected chi connectivity index (χ3v) is 3.62. The minimum absolute atomic E-state index is 0.0263. The highest BCUT2D eigenvalue weighted by Gasteiger charge is 2.45. The number of anilines is 1. The van der Waals surface area contributed by atoms with E-state index in [9.17, 15) is 14.4 Å². The molecule has 2 atom stereocenters. The highest BCUT2D eigenvalue weighted by molar-refractivity contribution is 6.48. The lowest BCUT2D eigenvalue weighted by atomic mass is 9.78. The first-order valence-electron chi connectivity index (χ1n) is 6.59. The standard InChI is InChI=1S/C12H13N5O4/c1-2-21-10(20)6-4-3-5-7(8(6)18)14-12-16-15-11(13)17(12)9(5)19/h5-6H,2-4H2,1H3,(H2,13,15)/t5-,6+/m1/s1. The second kappa shape index (κ2) is 4.76. The predicted octanol–water partition coefficient (Wildman–Crippen LogP) is -0.255. The topological polar surface area (TPSA) is 130 Å². The summed E-state index contributed by atoms with van der Waals surface area (Å²) >= 11 is 0. The smallest absolute Gasteiger partial charge is 0.316 e. The summed E-state index contributed by atoms with van der Waals surface area (Å²) in [4.78, 5) is 40.5. The molecule has 0 saturated heterocycles. The van der Waals surface area contributed by atoms with Crippen LogP contribution >= 0.6 is 0 Å². The van der Waals surface area contributed by atoms with Crippen LogP contribution in [0.25, 0.3) is 0 Å². The SMILES string of the molecule is CCOC(=O)[C@H]1CC[C@H]2C(=O)n3c(N)nnc3N=C2C1=O. The lowest BCUT2D eigenvalue weighted by molar-refractivity contribution is -0.151. The van der Waals surface area contributed by atoms with Gasteiger partial charge in [0.15, 0.2) is 5.78 Å². The molecule has 1 aliphatic carbocycles. The summed E-state index contributed by atoms with van der Waals surface area (Å²) in [5.74, 6) is -3.13. The first kappa shape index (κ1) is 13.4. The maximum absolute atomic E-state index is 12.4. The van der Waals surface area contributed by atoms with Crippen LogP contribution in [0, 0.1) is 11.8 Å². The van der Waals surface area contributed by atoms with Gasteiger partial charge in [0.1, 0.15) is 11.6 Å². The van der Waals surface area contributed by atoms with E-state index in [0.29, 0.717) is 6.42 Å². The fourth-order valence-electron chi connectivity index (χ4n) is 2.63. The van der Waals surface area contributed by atoms with Crippen molar-refractivity contribution < 1.29 is 19.1 Å². The number of aromatic nitrogens is 3. The molecule has 110 valence electrons. The Morgan fingerprint density at radius 3 is 2.86 bits per heavy atom. The van der Waals surface area contributed by atoms with Gasteiger partial charge in [-0.1, -0.05) is 0 Å². The Morgan fingerprint density at radius 2 is 2.14 bits per heavy atom. The van der Waals surface area contributed by atoms with Crippen molar-refractivity contribution in [3.8, 4) is 0 Å². The van der Waals surface area contributed by atoms with Crippen LogP contribution in [0.2, 0.25) is 0 Å². The molecule has 0 aromatic carbocycles. The van der Waals surface area contributed by atoms with Crippen molar-refractivity contribution in [1.29, 1.82) is 0 Å². The van der Waals surface area contributed by atoms with Gasteiger partial charge in [0, 0.05) is 0 Å². The molecule has 0 amide bonds. The van der Waals surface area contributed by atoms with E-state index in [1.54, 1.807) is 6.92 Å². The van der Waals surface area contributed by atoms with Crippen molar-refractivity contribution in [3.05, 3.63) is 0 Å². The number of carbonyl (C=O) groups is 3. The number of nitrogen functional groups attached to an aromatic ring is 1. The summed E-state index contributed by atoms with van der Waals surface area (Å²) in [7, 11) is 0. The minimum atomic E-state index is -0.903. The molecule has 1 aromatic rings. The third kappa shape index (κ3) is 1.92. The van der Waals surface area contributed by atoms with Crippen molar-refractivity contribution in [2.24, 2.45) is 16.8 Å². The molecule has 1 fully saturated rings. The first-order valence-corrected chi connectivity index (χ1v) is 6.59. The maximum Gasteiger partial charge on any atom is 0.316 e. The number of hydrogen-bond donors (Lipinski definition) is 1. The van der Waals surface area contributed by atoms with Crippen molar-refractivity contribution in [3.63, 3.8) is 0 Å². The number of fused-ring (bicyclic) bond motifs is 2. The van der Waals surface area contributed by atoms with Gasteiger partial charge in [-0.05, 0) is 19.8 Å². The van der Waals surface area contributed by atoms with E-state index < -0.39 is 23.6 Å². The number of ketones is 1. The number of aliphatic imine (C=N–C) groups is 1. The van der Waals surface area contributed by atoms with E-state index >= 15 is 0 Å². The van der Waals surface area contributed by atoms with Crippen molar-refractivity contribution in [1.82, 2.24) is 14.8 Å². The summed E-state index contributed by atoms with van der Waals surface area (Å²) < 4.78 is 5.97. The van der Waals surface area contributed by atoms with E-state index in [2.05, 4.69) is 15.2 Å². The van der Waals surface area contributed by atoms with Gasteiger partial charge in [-0.3, -0.25) is 14.4 Å². The molecular formula is C12H13N5O4. The molecular weight excluding hydrogens is 278 g/mol. The quantitative estimate of drug-likeness (QED) is 0.587. The zero-order valence-electron chi connectivity index (χ0n) is 11.3. The van der Waals surface area contributed by atoms with E-state index in [1.807, 2.05) is 0 Å². The van der Waals surface area contributed by atoms with Crippen LogP contribution in [0.3, 0.4) is 0 Å². The van der Waals surface area contributed by atoms with Crippen molar-refractivity contribution in [2.45, 2.75) is 19.8 Å². The molecule has 3 rings (SSSR count). The molecule has 1 aliphatic heterocycles. The number of carbonyl (C=O) groups excluding carboxylic acids is 3. The van der Waals surface area contributed by atoms with Crippen LogP contribution in [0.1, 0.15) is 24.6 Å². The van der Waals surface area contributed by atoms with Crippen LogP contribution in [-0.4, -0.2) is 44.7 Å². The van der Waals surface area contributed by atoms with Gasteiger partial charge in [0.05, 0.1) is 12.5 Å². The average molecular weight is 291 g/mol. The van der Waals surface area contributed by atoms with Crippen LogP contribution in [0.5, 0.6) is 0 Å². The largest absolute Gasteiger partial charge is 0.465 e. The summed E-state index contributed by atoms with van der Waals surface area (Å²) in [5, 5.41) is 7.22. The predicted molar refractivity (Wildman–Crippen MR) is 70.0 cm³/mol. The molecule has 2 aliphatic rings. The van der Waals surface area contributed by atoms with Gasteiger partial charge in [0.25, 0.3) is 5.95 Å². The van der Waals surface area contributed by atoms with E-state index in [1.165, 1.54) is 0 Å². The monoisotopic (exact) mass is 291 g/mol. The van der Waals surface area contributed by atoms with E-state index in [-0.39, 0.29) is 36.5 Å². The highest BCUT2D eigenvalue weighted by atomic mass is 16.5. The molecule has 2 N–H and O–H groups in total. The molecule has 9 heteroatoms. The second-order valence-corrected chi connectivity index (χ2v) is 4.83. The molecule has 0 bridgehead atoms. The average Bonchev–Trinajstić information content (AvgIpc) is 2.82. The van der Waals surface area contributed by atoms with E-state index in [0.717, 1.165) is 4.57 Å². The Balaban J connectivity index is 1.98. The number of ether oxygens (including phenoxy) is 1. The highest BCUT2D eigenvalue weighted by Crippen LogP contribution is 2.32. The number of hydrogen-bond acceptors (Lipinski definition) is 8. The summed E-state index contributed by atoms with van der Waals surface area (Å²) in [6, 6.07) is 0. The zero-order chi connectivity index (χ0) is 15.1. The molecule has 0 unspecified atom stereocenters. The number of nitrogens with zero attached hydrogens (tertiary/aromatic N) is 4. The van der Waals surface area contributed by atoms with Gasteiger partial charge in [-0.2, -0.15) is 0 Å². The Kier molecular flexibility index (Phi) is 3.04. The third-order valence-electron chi connectivity index (χ3n) is 3.62. The van der Waals surface area contributed by atoms with Crippen LogP contribution in [0.4, 0.5) is 11.9 Å². The van der Waals surface area contributed by atoms with Gasteiger partial charge >= 0.3 is 5.97 Å². The molecule has 0 spiro atoms. The molecule has 21 heavy (non-hydrogen) atoms. The van der Waals surface area contributed by atoms with Gasteiger partial charge in [0.2, 0.25) is 11.9 Å². The Morgan fingerprint density at radius 1 is 1.38 bits per heavy atom. The van der Waals surface area contributed by atoms with Gasteiger partial charge in [-0.15, -0.1) is 10.2 Å². The van der Waals surface area contributed by atoms with Crippen molar-refractivity contribution in [2.75, 3.05) is 12.3 Å².